The van der Waals surface area contributed by atoms with E-state index in [0.29, 0.717) is 23.2 Å². The van der Waals surface area contributed by atoms with Crippen LogP contribution in [-0.2, 0) is 6.54 Å². The molecule has 0 spiro atoms. The summed E-state index contributed by atoms with van der Waals surface area (Å²) in [6, 6.07) is 4.20. The fourth-order valence-electron chi connectivity index (χ4n) is 2.00. The maximum absolute atomic E-state index is 12.2. The second-order valence-corrected chi connectivity index (χ2v) is 5.91. The molecule has 0 aromatic carbocycles. The Balaban J connectivity index is 1.73. The van der Waals surface area contributed by atoms with Crippen LogP contribution in [0.2, 0.25) is 0 Å². The maximum atomic E-state index is 12.2. The molecule has 21 heavy (non-hydrogen) atoms. The first-order valence-electron chi connectivity index (χ1n) is 6.85. The summed E-state index contributed by atoms with van der Waals surface area (Å²) in [5.74, 6) is 0.127. The van der Waals surface area contributed by atoms with E-state index in [1.54, 1.807) is 6.20 Å². The summed E-state index contributed by atoms with van der Waals surface area (Å²) in [6.07, 6.45) is 3.84. The van der Waals surface area contributed by atoms with E-state index >= 15 is 0 Å². The van der Waals surface area contributed by atoms with E-state index < -0.39 is 0 Å². The number of hydrogen-bond donors (Lipinski definition) is 3. The van der Waals surface area contributed by atoms with E-state index in [1.165, 1.54) is 11.5 Å². The topological polar surface area (TPSA) is 92.9 Å². The molecule has 0 saturated heterocycles. The molecule has 1 fully saturated rings. The predicted molar refractivity (Wildman–Crippen MR) is 83.3 cm³/mol. The zero-order valence-corrected chi connectivity index (χ0v) is 12.5. The first-order valence-corrected chi connectivity index (χ1v) is 7.63. The van der Waals surface area contributed by atoms with Crippen LogP contribution in [-0.4, -0.2) is 21.3 Å². The number of anilines is 2. The number of carbonyl (C=O) groups is 1. The number of nitrogens with two attached hydrogens (primary N) is 1. The SMILES string of the molecule is Cc1cccnc1CNc1snc(N)c1C(=O)NC1CC1. The molecule has 3 rings (SSSR count). The van der Waals surface area contributed by atoms with Crippen molar-refractivity contribution in [2.24, 2.45) is 0 Å². The number of hydrogen-bond acceptors (Lipinski definition) is 6. The van der Waals surface area contributed by atoms with E-state index in [0.717, 1.165) is 24.1 Å². The number of nitrogen functional groups attached to an aromatic ring is 1. The van der Waals surface area contributed by atoms with Crippen LogP contribution in [0, 0.1) is 6.92 Å². The number of carbonyl (C=O) groups excluding carboxylic acids is 1. The molecule has 110 valence electrons. The molecule has 2 heterocycles. The molecule has 1 aliphatic rings. The van der Waals surface area contributed by atoms with Gasteiger partial charge < -0.3 is 16.4 Å². The highest BCUT2D eigenvalue weighted by atomic mass is 32.1. The van der Waals surface area contributed by atoms with Crippen molar-refractivity contribution in [3.63, 3.8) is 0 Å². The van der Waals surface area contributed by atoms with E-state index in [1.807, 2.05) is 19.1 Å². The number of aromatic nitrogens is 2. The lowest BCUT2D eigenvalue weighted by Crippen LogP contribution is -2.26. The Hall–Kier alpha value is -2.15. The number of pyridine rings is 1. The predicted octanol–water partition coefficient (Wildman–Crippen LogP) is 1.93. The number of nitrogens with one attached hydrogen (secondary N) is 2. The Kier molecular flexibility index (Phi) is 3.74. The van der Waals surface area contributed by atoms with Crippen LogP contribution in [0.3, 0.4) is 0 Å². The molecule has 4 N–H and O–H groups in total. The van der Waals surface area contributed by atoms with E-state index in [4.69, 9.17) is 5.73 Å². The molecule has 2 aromatic heterocycles. The van der Waals surface area contributed by atoms with Crippen molar-refractivity contribution in [1.29, 1.82) is 0 Å². The Labute approximate surface area is 126 Å². The maximum Gasteiger partial charge on any atom is 0.258 e. The van der Waals surface area contributed by atoms with Gasteiger partial charge in [-0.1, -0.05) is 6.07 Å². The quantitative estimate of drug-likeness (QED) is 0.785. The minimum atomic E-state index is -0.149. The van der Waals surface area contributed by atoms with Crippen LogP contribution in [0.5, 0.6) is 0 Å². The molecule has 0 aliphatic heterocycles. The van der Waals surface area contributed by atoms with Crippen molar-refractivity contribution in [3.05, 3.63) is 35.2 Å². The first kappa shape index (κ1) is 13.8. The molecule has 7 heteroatoms. The largest absolute Gasteiger partial charge is 0.382 e. The molecule has 0 atom stereocenters. The molecule has 0 bridgehead atoms. The minimum Gasteiger partial charge on any atom is -0.382 e. The second kappa shape index (κ2) is 5.69. The summed E-state index contributed by atoms with van der Waals surface area (Å²) in [5, 5.41) is 6.85. The standard InChI is InChI=1S/C14H17N5OS/c1-8-3-2-6-16-10(8)7-17-14-11(12(15)19-21-14)13(20)18-9-4-5-9/h2-3,6,9,17H,4-5,7H2,1H3,(H2,15,19)(H,18,20). The highest BCUT2D eigenvalue weighted by Gasteiger charge is 2.27. The van der Waals surface area contributed by atoms with Crippen LogP contribution in [0.1, 0.15) is 34.5 Å². The number of aryl methyl sites for hydroxylation is 1. The molecule has 1 saturated carbocycles. The fraction of sp³-hybridized carbons (Fsp3) is 0.357. The minimum absolute atomic E-state index is 0.149. The smallest absolute Gasteiger partial charge is 0.258 e. The van der Waals surface area contributed by atoms with Gasteiger partial charge in [0.1, 0.15) is 10.6 Å². The average molecular weight is 303 g/mol. The lowest BCUT2D eigenvalue weighted by molar-refractivity contribution is 0.0953. The molecule has 6 nitrogen and oxygen atoms in total. The highest BCUT2D eigenvalue weighted by molar-refractivity contribution is 7.11. The van der Waals surface area contributed by atoms with Gasteiger partial charge in [-0.2, -0.15) is 4.37 Å². The number of nitrogens with zero attached hydrogens (tertiary/aromatic N) is 2. The van der Waals surface area contributed by atoms with Gasteiger partial charge in [-0.05, 0) is 42.9 Å². The zero-order valence-electron chi connectivity index (χ0n) is 11.7. The summed E-state index contributed by atoms with van der Waals surface area (Å²) in [5.41, 5.74) is 8.31. The van der Waals surface area contributed by atoms with Gasteiger partial charge >= 0.3 is 0 Å². The molecular formula is C14H17N5OS. The lowest BCUT2D eigenvalue weighted by Gasteiger charge is -2.08. The number of amides is 1. The highest BCUT2D eigenvalue weighted by Crippen LogP contribution is 2.28. The van der Waals surface area contributed by atoms with Crippen molar-refractivity contribution < 1.29 is 4.79 Å². The first-order chi connectivity index (χ1) is 10.1. The van der Waals surface area contributed by atoms with Crippen LogP contribution in [0.4, 0.5) is 10.8 Å². The van der Waals surface area contributed by atoms with Gasteiger partial charge in [0.15, 0.2) is 5.82 Å². The zero-order chi connectivity index (χ0) is 14.8. The molecular weight excluding hydrogens is 286 g/mol. The van der Waals surface area contributed by atoms with Crippen molar-refractivity contribution in [2.45, 2.75) is 32.4 Å². The Morgan fingerprint density at radius 2 is 2.33 bits per heavy atom. The van der Waals surface area contributed by atoms with Gasteiger partial charge in [0.05, 0.1) is 12.2 Å². The monoisotopic (exact) mass is 303 g/mol. The summed E-state index contributed by atoms with van der Waals surface area (Å²) in [6.45, 7) is 2.55. The third-order valence-corrected chi connectivity index (χ3v) is 4.21. The van der Waals surface area contributed by atoms with Crippen molar-refractivity contribution in [3.8, 4) is 0 Å². The molecule has 2 aromatic rings. The average Bonchev–Trinajstić information content (AvgIpc) is 3.19. The van der Waals surface area contributed by atoms with Crippen molar-refractivity contribution >= 4 is 28.3 Å². The molecule has 1 aliphatic carbocycles. The van der Waals surface area contributed by atoms with Crippen LogP contribution in [0.25, 0.3) is 0 Å². The Bertz CT molecular complexity index is 665. The normalized spacial score (nSPS) is 14.0. The van der Waals surface area contributed by atoms with Crippen LogP contribution in [0.15, 0.2) is 18.3 Å². The van der Waals surface area contributed by atoms with Crippen molar-refractivity contribution in [2.75, 3.05) is 11.1 Å². The van der Waals surface area contributed by atoms with E-state index in [-0.39, 0.29) is 11.7 Å². The van der Waals surface area contributed by atoms with Gasteiger partial charge in [-0.25, -0.2) is 0 Å². The summed E-state index contributed by atoms with van der Waals surface area (Å²) < 4.78 is 4.08. The third-order valence-electron chi connectivity index (χ3n) is 3.39. The van der Waals surface area contributed by atoms with Crippen molar-refractivity contribution in [1.82, 2.24) is 14.7 Å². The molecule has 1 amide bonds. The van der Waals surface area contributed by atoms with Gasteiger partial charge in [0, 0.05) is 12.2 Å². The van der Waals surface area contributed by atoms with Gasteiger partial charge in [0.25, 0.3) is 5.91 Å². The second-order valence-electron chi connectivity index (χ2n) is 5.14. The summed E-state index contributed by atoms with van der Waals surface area (Å²) in [4.78, 5) is 16.5. The van der Waals surface area contributed by atoms with E-state index in [9.17, 15) is 4.79 Å². The summed E-state index contributed by atoms with van der Waals surface area (Å²) >= 11 is 1.20. The molecule has 0 unspecified atom stereocenters. The summed E-state index contributed by atoms with van der Waals surface area (Å²) in [7, 11) is 0. The van der Waals surface area contributed by atoms with Gasteiger partial charge in [-0.15, -0.1) is 0 Å². The third kappa shape index (κ3) is 3.13. The van der Waals surface area contributed by atoms with Gasteiger partial charge in [-0.3, -0.25) is 9.78 Å². The Morgan fingerprint density at radius 1 is 1.52 bits per heavy atom. The molecule has 0 radical (unpaired) electrons. The van der Waals surface area contributed by atoms with Gasteiger partial charge in [0.2, 0.25) is 0 Å². The fourth-order valence-corrected chi connectivity index (χ4v) is 2.70. The van der Waals surface area contributed by atoms with Crippen LogP contribution < -0.4 is 16.4 Å². The van der Waals surface area contributed by atoms with Crippen LogP contribution >= 0.6 is 11.5 Å². The Morgan fingerprint density at radius 3 is 3.05 bits per heavy atom. The van der Waals surface area contributed by atoms with E-state index in [2.05, 4.69) is 20.0 Å². The lowest BCUT2D eigenvalue weighted by atomic mass is 10.2. The number of rotatable bonds is 5.